The van der Waals surface area contributed by atoms with Gasteiger partial charge in [-0.3, -0.25) is 4.98 Å². The Morgan fingerprint density at radius 3 is 2.58 bits per heavy atom. The molecule has 2 aromatic heterocycles. The minimum Gasteiger partial charge on any atom is -0.390 e. The van der Waals surface area contributed by atoms with Crippen LogP contribution >= 0.6 is 0 Å². The number of rotatable bonds is 3. The van der Waals surface area contributed by atoms with Gasteiger partial charge in [-0.2, -0.15) is 0 Å². The fourth-order valence-corrected chi connectivity index (χ4v) is 1.96. The van der Waals surface area contributed by atoms with Gasteiger partial charge in [-0.15, -0.1) is 5.10 Å². The number of pyridine rings is 1. The maximum absolute atomic E-state index is 9.40. The first kappa shape index (κ1) is 11.6. The first-order valence-corrected chi connectivity index (χ1v) is 5.91. The summed E-state index contributed by atoms with van der Waals surface area (Å²) in [6.45, 7) is -0.156. The summed E-state index contributed by atoms with van der Waals surface area (Å²) in [6, 6.07) is 13.5. The summed E-state index contributed by atoms with van der Waals surface area (Å²) in [7, 11) is 0. The van der Waals surface area contributed by atoms with E-state index in [4.69, 9.17) is 0 Å². The highest BCUT2D eigenvalue weighted by atomic mass is 16.3. The van der Waals surface area contributed by atoms with Gasteiger partial charge in [0.05, 0.1) is 12.3 Å². The lowest BCUT2D eigenvalue weighted by atomic mass is 10.1. The second-order valence-electron chi connectivity index (χ2n) is 4.03. The number of benzene rings is 1. The Bertz CT molecular complexity index is 664. The number of aliphatic hydroxyl groups excluding tert-OH is 1. The molecule has 0 saturated heterocycles. The summed E-state index contributed by atoms with van der Waals surface area (Å²) in [5.74, 6) is 0. The molecule has 19 heavy (non-hydrogen) atoms. The largest absolute Gasteiger partial charge is 0.390 e. The Hall–Kier alpha value is -2.53. The molecule has 0 amide bonds. The van der Waals surface area contributed by atoms with Crippen molar-refractivity contribution in [3.05, 3.63) is 60.6 Å². The highest BCUT2D eigenvalue weighted by Gasteiger charge is 2.15. The zero-order valence-electron chi connectivity index (χ0n) is 10.1. The topological polar surface area (TPSA) is 63.8 Å². The molecule has 0 unspecified atom stereocenters. The fourth-order valence-electron chi connectivity index (χ4n) is 1.96. The van der Waals surface area contributed by atoms with Crippen LogP contribution in [0.3, 0.4) is 0 Å². The van der Waals surface area contributed by atoms with Crippen LogP contribution in [0.2, 0.25) is 0 Å². The Morgan fingerprint density at radius 1 is 1.05 bits per heavy atom. The zero-order chi connectivity index (χ0) is 13.1. The maximum atomic E-state index is 9.40. The molecule has 0 atom stereocenters. The van der Waals surface area contributed by atoms with E-state index in [0.717, 1.165) is 16.9 Å². The molecule has 0 aliphatic heterocycles. The molecule has 0 bridgehead atoms. The zero-order valence-corrected chi connectivity index (χ0v) is 10.1. The van der Waals surface area contributed by atoms with E-state index in [1.54, 1.807) is 17.1 Å². The molecule has 3 rings (SSSR count). The smallest absolute Gasteiger partial charge is 0.117 e. The SMILES string of the molecule is OCc1nnn(-c2ccccc2)c1-c1cccnc1. The third kappa shape index (κ3) is 2.11. The average molecular weight is 252 g/mol. The first-order chi connectivity index (χ1) is 9.40. The van der Waals surface area contributed by atoms with Gasteiger partial charge in [0.25, 0.3) is 0 Å². The summed E-state index contributed by atoms with van der Waals surface area (Å²) in [4.78, 5) is 4.10. The van der Waals surface area contributed by atoms with Crippen LogP contribution in [0, 0.1) is 0 Å². The lowest BCUT2D eigenvalue weighted by Crippen LogP contribution is -2.00. The number of para-hydroxylation sites is 1. The van der Waals surface area contributed by atoms with Gasteiger partial charge >= 0.3 is 0 Å². The van der Waals surface area contributed by atoms with Crippen LogP contribution in [0.5, 0.6) is 0 Å². The van der Waals surface area contributed by atoms with E-state index >= 15 is 0 Å². The van der Waals surface area contributed by atoms with Crippen molar-refractivity contribution in [3.63, 3.8) is 0 Å². The quantitative estimate of drug-likeness (QED) is 0.772. The predicted molar refractivity (Wildman–Crippen MR) is 70.5 cm³/mol. The Balaban J connectivity index is 2.20. The van der Waals surface area contributed by atoms with E-state index in [9.17, 15) is 5.11 Å². The summed E-state index contributed by atoms with van der Waals surface area (Å²) < 4.78 is 1.71. The minimum atomic E-state index is -0.156. The standard InChI is InChI=1S/C14H12N4O/c19-10-13-14(11-5-4-8-15-9-11)18(17-16-13)12-6-2-1-3-7-12/h1-9,19H,10H2. The number of hydrogen-bond acceptors (Lipinski definition) is 4. The third-order valence-corrected chi connectivity index (χ3v) is 2.83. The monoisotopic (exact) mass is 252 g/mol. The van der Waals surface area contributed by atoms with Crippen molar-refractivity contribution in [2.24, 2.45) is 0 Å². The number of aromatic nitrogens is 4. The van der Waals surface area contributed by atoms with E-state index < -0.39 is 0 Å². The van der Waals surface area contributed by atoms with Crippen LogP contribution in [0.4, 0.5) is 0 Å². The van der Waals surface area contributed by atoms with Gasteiger partial charge in [0.2, 0.25) is 0 Å². The van der Waals surface area contributed by atoms with Gasteiger partial charge in [0.15, 0.2) is 0 Å². The van der Waals surface area contributed by atoms with Crippen molar-refractivity contribution in [2.45, 2.75) is 6.61 Å². The molecule has 2 heterocycles. The predicted octanol–water partition coefficient (Wildman–Crippen LogP) is 1.82. The van der Waals surface area contributed by atoms with Crippen molar-refractivity contribution in [1.29, 1.82) is 0 Å². The number of aliphatic hydroxyl groups is 1. The van der Waals surface area contributed by atoms with Crippen molar-refractivity contribution in [2.75, 3.05) is 0 Å². The van der Waals surface area contributed by atoms with Gasteiger partial charge in [-0.05, 0) is 24.3 Å². The summed E-state index contributed by atoms with van der Waals surface area (Å²) >= 11 is 0. The lowest BCUT2D eigenvalue weighted by molar-refractivity contribution is 0.277. The van der Waals surface area contributed by atoms with Crippen molar-refractivity contribution >= 4 is 0 Å². The molecule has 0 fully saturated rings. The Morgan fingerprint density at radius 2 is 1.89 bits per heavy atom. The normalized spacial score (nSPS) is 10.6. The Kier molecular flexibility index (Phi) is 3.04. The van der Waals surface area contributed by atoms with Crippen LogP contribution in [0.25, 0.3) is 16.9 Å². The summed E-state index contributed by atoms with van der Waals surface area (Å²) in [5, 5.41) is 17.5. The van der Waals surface area contributed by atoms with Crippen LogP contribution < -0.4 is 0 Å². The molecule has 5 nitrogen and oxygen atoms in total. The van der Waals surface area contributed by atoms with Crippen molar-refractivity contribution in [1.82, 2.24) is 20.0 Å². The lowest BCUT2D eigenvalue weighted by Gasteiger charge is -2.07. The molecule has 0 radical (unpaired) electrons. The molecule has 0 saturated carbocycles. The molecule has 3 aromatic rings. The second-order valence-corrected chi connectivity index (χ2v) is 4.03. The fraction of sp³-hybridized carbons (Fsp3) is 0.0714. The van der Waals surface area contributed by atoms with Crippen LogP contribution in [-0.2, 0) is 6.61 Å². The summed E-state index contributed by atoms with van der Waals surface area (Å²) in [5.41, 5.74) is 3.08. The van der Waals surface area contributed by atoms with Crippen molar-refractivity contribution < 1.29 is 5.11 Å². The molecular formula is C14H12N4O. The van der Waals surface area contributed by atoms with E-state index in [2.05, 4.69) is 15.3 Å². The molecular weight excluding hydrogens is 240 g/mol. The summed E-state index contributed by atoms with van der Waals surface area (Å²) in [6.07, 6.45) is 3.44. The van der Waals surface area contributed by atoms with Crippen LogP contribution in [-0.4, -0.2) is 25.1 Å². The number of hydrogen-bond donors (Lipinski definition) is 1. The van der Waals surface area contributed by atoms with E-state index in [1.807, 2.05) is 42.5 Å². The molecule has 0 aliphatic rings. The van der Waals surface area contributed by atoms with Crippen molar-refractivity contribution in [3.8, 4) is 16.9 Å². The van der Waals surface area contributed by atoms with Crippen LogP contribution in [0.1, 0.15) is 5.69 Å². The molecule has 1 N–H and O–H groups in total. The maximum Gasteiger partial charge on any atom is 0.117 e. The van der Waals surface area contributed by atoms with E-state index in [1.165, 1.54) is 0 Å². The minimum absolute atomic E-state index is 0.156. The van der Waals surface area contributed by atoms with Gasteiger partial charge in [-0.25, -0.2) is 4.68 Å². The van der Waals surface area contributed by atoms with E-state index in [0.29, 0.717) is 5.69 Å². The van der Waals surface area contributed by atoms with Crippen LogP contribution in [0.15, 0.2) is 54.9 Å². The average Bonchev–Trinajstić information content (AvgIpc) is 2.93. The van der Waals surface area contributed by atoms with Gasteiger partial charge in [0, 0.05) is 18.0 Å². The third-order valence-electron chi connectivity index (χ3n) is 2.83. The van der Waals surface area contributed by atoms with Gasteiger partial charge in [-0.1, -0.05) is 23.4 Å². The first-order valence-electron chi connectivity index (χ1n) is 5.91. The molecule has 94 valence electrons. The Labute approximate surface area is 110 Å². The van der Waals surface area contributed by atoms with E-state index in [-0.39, 0.29) is 6.61 Å². The number of nitrogens with zero attached hydrogens (tertiary/aromatic N) is 4. The highest BCUT2D eigenvalue weighted by Crippen LogP contribution is 2.24. The van der Waals surface area contributed by atoms with Gasteiger partial charge < -0.3 is 5.11 Å². The molecule has 0 aliphatic carbocycles. The van der Waals surface area contributed by atoms with Gasteiger partial charge in [0.1, 0.15) is 11.4 Å². The second kappa shape index (κ2) is 4.99. The molecule has 1 aromatic carbocycles. The molecule has 0 spiro atoms. The highest BCUT2D eigenvalue weighted by molar-refractivity contribution is 5.63. The molecule has 5 heteroatoms.